The van der Waals surface area contributed by atoms with E-state index < -0.39 is 28.5 Å². The summed E-state index contributed by atoms with van der Waals surface area (Å²) in [5.41, 5.74) is 2.95. The third kappa shape index (κ3) is 8.89. The monoisotopic (exact) mass is 661 g/mol. The molecular formula is C36H40ClN3O5S. The average molecular weight is 662 g/mol. The third-order valence-corrected chi connectivity index (χ3v) is 9.58. The Balaban J connectivity index is 1.80. The van der Waals surface area contributed by atoms with Crippen LogP contribution in [0.5, 0.6) is 5.75 Å². The standard InChI is InChI=1S/C36H40ClN3O5S/c1-4-23-38-36(42)34(24-28-12-7-6-8-13-28)39(25-29-14-10-9-11-27(29)3)35(41)26-40(31-17-19-32(20-18-31)45-5-2)46(43,44)33-21-15-30(37)16-22-33/h6-22,34H,4-5,23-26H2,1-3H3,(H,38,42)/t34-/m1/s1. The van der Waals surface area contributed by atoms with Crippen molar-refractivity contribution < 1.29 is 22.7 Å². The van der Waals surface area contributed by atoms with E-state index in [1.54, 1.807) is 24.3 Å². The van der Waals surface area contributed by atoms with Gasteiger partial charge < -0.3 is 15.0 Å². The second-order valence-corrected chi connectivity index (χ2v) is 13.1. The number of amides is 2. The molecule has 0 aliphatic rings. The van der Waals surface area contributed by atoms with E-state index in [9.17, 15) is 18.0 Å². The lowest BCUT2D eigenvalue weighted by Gasteiger charge is -2.34. The maximum atomic E-state index is 14.5. The number of nitrogens with zero attached hydrogens (tertiary/aromatic N) is 2. The molecule has 0 aliphatic heterocycles. The lowest BCUT2D eigenvalue weighted by molar-refractivity contribution is -0.140. The molecule has 242 valence electrons. The molecule has 0 heterocycles. The van der Waals surface area contributed by atoms with Crippen LogP contribution in [0.1, 0.15) is 37.0 Å². The minimum atomic E-state index is -4.24. The van der Waals surface area contributed by atoms with Gasteiger partial charge in [-0.05, 0) is 85.5 Å². The molecule has 0 aromatic heterocycles. The summed E-state index contributed by atoms with van der Waals surface area (Å²) in [5, 5.41) is 3.35. The van der Waals surface area contributed by atoms with Crippen molar-refractivity contribution in [2.75, 3.05) is 24.0 Å². The number of carbonyl (C=O) groups excluding carboxylic acids is 2. The average Bonchev–Trinajstić information content (AvgIpc) is 3.06. The van der Waals surface area contributed by atoms with Crippen LogP contribution >= 0.6 is 11.6 Å². The van der Waals surface area contributed by atoms with Gasteiger partial charge in [0, 0.05) is 24.5 Å². The van der Waals surface area contributed by atoms with Crippen molar-refractivity contribution >= 4 is 39.1 Å². The van der Waals surface area contributed by atoms with E-state index in [1.165, 1.54) is 29.2 Å². The van der Waals surface area contributed by atoms with E-state index in [4.69, 9.17) is 16.3 Å². The Morgan fingerprint density at radius 2 is 1.52 bits per heavy atom. The summed E-state index contributed by atoms with van der Waals surface area (Å²) in [6.45, 7) is 6.21. The zero-order valence-corrected chi connectivity index (χ0v) is 27.9. The first-order chi connectivity index (χ1) is 22.1. The van der Waals surface area contributed by atoms with Crippen LogP contribution in [0, 0.1) is 6.92 Å². The van der Waals surface area contributed by atoms with Gasteiger partial charge in [0.15, 0.2) is 0 Å². The van der Waals surface area contributed by atoms with Crippen LogP contribution in [0.2, 0.25) is 5.02 Å². The molecule has 0 saturated carbocycles. The number of sulfonamides is 1. The van der Waals surface area contributed by atoms with Crippen LogP contribution < -0.4 is 14.4 Å². The highest BCUT2D eigenvalue weighted by Crippen LogP contribution is 2.28. The van der Waals surface area contributed by atoms with Crippen molar-refractivity contribution in [1.82, 2.24) is 10.2 Å². The Labute approximate surface area is 277 Å². The summed E-state index contributed by atoms with van der Waals surface area (Å²) < 4.78 is 35.0. The molecule has 0 aliphatic carbocycles. The molecule has 2 amide bonds. The number of aryl methyl sites for hydroxylation is 1. The Bertz CT molecular complexity index is 1700. The number of hydrogen-bond acceptors (Lipinski definition) is 5. The Hall–Kier alpha value is -4.34. The second kappa shape index (κ2) is 16.3. The van der Waals surface area contributed by atoms with Gasteiger partial charge in [-0.15, -0.1) is 0 Å². The molecule has 10 heteroatoms. The Morgan fingerprint density at radius 1 is 0.870 bits per heavy atom. The highest BCUT2D eigenvalue weighted by molar-refractivity contribution is 7.92. The lowest BCUT2D eigenvalue weighted by atomic mass is 10.0. The molecule has 46 heavy (non-hydrogen) atoms. The van der Waals surface area contributed by atoms with Crippen molar-refractivity contribution in [3.8, 4) is 5.75 Å². The molecule has 0 bridgehead atoms. The molecule has 0 fully saturated rings. The fourth-order valence-electron chi connectivity index (χ4n) is 5.03. The molecule has 4 aromatic carbocycles. The second-order valence-electron chi connectivity index (χ2n) is 10.8. The first-order valence-corrected chi connectivity index (χ1v) is 17.1. The number of nitrogens with one attached hydrogen (secondary N) is 1. The minimum absolute atomic E-state index is 0.0226. The van der Waals surface area contributed by atoms with E-state index in [-0.39, 0.29) is 29.5 Å². The number of rotatable bonds is 15. The molecule has 8 nitrogen and oxygen atoms in total. The summed E-state index contributed by atoms with van der Waals surface area (Å²) in [7, 11) is -4.24. The van der Waals surface area contributed by atoms with Gasteiger partial charge in [0.1, 0.15) is 18.3 Å². The van der Waals surface area contributed by atoms with Crippen LogP contribution in [0.3, 0.4) is 0 Å². The van der Waals surface area contributed by atoms with E-state index >= 15 is 0 Å². The Morgan fingerprint density at radius 3 is 2.15 bits per heavy atom. The number of anilines is 1. The highest BCUT2D eigenvalue weighted by Gasteiger charge is 2.34. The fourth-order valence-corrected chi connectivity index (χ4v) is 6.57. The number of ether oxygens (including phenoxy) is 1. The van der Waals surface area contributed by atoms with Gasteiger partial charge in [0.25, 0.3) is 10.0 Å². The van der Waals surface area contributed by atoms with Crippen molar-refractivity contribution in [1.29, 1.82) is 0 Å². The van der Waals surface area contributed by atoms with E-state index in [2.05, 4.69) is 5.32 Å². The molecule has 4 aromatic rings. The quantitative estimate of drug-likeness (QED) is 0.159. The van der Waals surface area contributed by atoms with Gasteiger partial charge >= 0.3 is 0 Å². The van der Waals surface area contributed by atoms with Crippen molar-refractivity contribution in [2.24, 2.45) is 0 Å². The van der Waals surface area contributed by atoms with Crippen LogP contribution in [-0.4, -0.2) is 50.9 Å². The molecular weight excluding hydrogens is 622 g/mol. The molecule has 1 atom stereocenters. The van der Waals surface area contributed by atoms with Crippen LogP contribution in [0.25, 0.3) is 0 Å². The predicted octanol–water partition coefficient (Wildman–Crippen LogP) is 6.41. The Kier molecular flexibility index (Phi) is 12.2. The first kappa shape index (κ1) is 34.5. The van der Waals surface area contributed by atoms with Gasteiger partial charge in [-0.25, -0.2) is 8.42 Å². The van der Waals surface area contributed by atoms with Gasteiger partial charge in [-0.1, -0.05) is 73.1 Å². The first-order valence-electron chi connectivity index (χ1n) is 15.3. The SMILES string of the molecule is CCCNC(=O)[C@@H](Cc1ccccc1)N(Cc1ccccc1C)C(=O)CN(c1ccc(OCC)cc1)S(=O)(=O)c1ccc(Cl)cc1. The molecule has 0 unspecified atom stereocenters. The highest BCUT2D eigenvalue weighted by atomic mass is 35.5. The van der Waals surface area contributed by atoms with E-state index in [1.807, 2.05) is 75.4 Å². The molecule has 0 radical (unpaired) electrons. The summed E-state index contributed by atoms with van der Waals surface area (Å²) in [4.78, 5) is 29.8. The zero-order valence-electron chi connectivity index (χ0n) is 26.4. The van der Waals surface area contributed by atoms with E-state index in [0.29, 0.717) is 23.9 Å². The summed E-state index contributed by atoms with van der Waals surface area (Å²) in [6, 6.07) is 28.6. The molecule has 0 saturated heterocycles. The van der Waals surface area contributed by atoms with Crippen molar-refractivity contribution in [3.63, 3.8) is 0 Å². The lowest BCUT2D eigenvalue weighted by Crippen LogP contribution is -2.53. The van der Waals surface area contributed by atoms with Crippen molar-refractivity contribution in [3.05, 3.63) is 125 Å². The van der Waals surface area contributed by atoms with Gasteiger partial charge in [-0.3, -0.25) is 13.9 Å². The van der Waals surface area contributed by atoms with Gasteiger partial charge in [0.2, 0.25) is 11.8 Å². The van der Waals surface area contributed by atoms with E-state index in [0.717, 1.165) is 27.4 Å². The number of halogens is 1. The van der Waals surface area contributed by atoms with Gasteiger partial charge in [0.05, 0.1) is 17.2 Å². The topological polar surface area (TPSA) is 96.0 Å². The largest absolute Gasteiger partial charge is 0.494 e. The predicted molar refractivity (Wildman–Crippen MR) is 183 cm³/mol. The van der Waals surface area contributed by atoms with Crippen LogP contribution in [0.15, 0.2) is 108 Å². The molecule has 4 rings (SSSR count). The van der Waals surface area contributed by atoms with Crippen LogP contribution in [-0.2, 0) is 32.6 Å². The smallest absolute Gasteiger partial charge is 0.264 e. The number of benzene rings is 4. The summed E-state index contributed by atoms with van der Waals surface area (Å²) in [5.74, 6) is -0.263. The number of hydrogen-bond donors (Lipinski definition) is 1. The number of carbonyl (C=O) groups is 2. The maximum Gasteiger partial charge on any atom is 0.264 e. The fraction of sp³-hybridized carbons (Fsp3) is 0.278. The molecule has 1 N–H and O–H groups in total. The summed E-state index contributed by atoms with van der Waals surface area (Å²) >= 11 is 6.07. The zero-order chi connectivity index (χ0) is 33.1. The van der Waals surface area contributed by atoms with Crippen molar-refractivity contribution in [2.45, 2.75) is 51.1 Å². The maximum absolute atomic E-state index is 14.5. The van der Waals surface area contributed by atoms with Gasteiger partial charge in [-0.2, -0.15) is 0 Å². The third-order valence-electron chi connectivity index (χ3n) is 7.54. The minimum Gasteiger partial charge on any atom is -0.494 e. The summed E-state index contributed by atoms with van der Waals surface area (Å²) in [6.07, 6.45) is 0.974. The van der Waals surface area contributed by atoms with Crippen LogP contribution in [0.4, 0.5) is 5.69 Å². The molecule has 0 spiro atoms. The normalized spacial score (nSPS) is 11.8.